The lowest BCUT2D eigenvalue weighted by Gasteiger charge is -2.17. The summed E-state index contributed by atoms with van der Waals surface area (Å²) in [5, 5.41) is 7.26. The maximum atomic E-state index is 13.7. The molecule has 0 radical (unpaired) electrons. The van der Waals surface area contributed by atoms with Crippen LogP contribution in [0, 0.1) is 5.82 Å². The van der Waals surface area contributed by atoms with Gasteiger partial charge in [0.2, 0.25) is 0 Å². The number of hydrogen-bond acceptors (Lipinski definition) is 4. The summed E-state index contributed by atoms with van der Waals surface area (Å²) < 4.78 is 18.9. The zero-order valence-electron chi connectivity index (χ0n) is 11.9. The Kier molecular flexibility index (Phi) is 5.12. The van der Waals surface area contributed by atoms with Crippen LogP contribution in [-0.4, -0.2) is 18.7 Å². The molecule has 0 spiro atoms. The molecule has 0 aliphatic carbocycles. The highest BCUT2D eigenvalue weighted by molar-refractivity contribution is 5.46. The summed E-state index contributed by atoms with van der Waals surface area (Å²) in [5.74, 6) is 0.489. The van der Waals surface area contributed by atoms with Crippen LogP contribution >= 0.6 is 0 Å². The third-order valence-electron chi connectivity index (χ3n) is 3.00. The molecule has 0 saturated carbocycles. The van der Waals surface area contributed by atoms with E-state index < -0.39 is 0 Å². The highest BCUT2D eigenvalue weighted by Gasteiger charge is 2.10. The lowest BCUT2D eigenvalue weighted by atomic mass is 10.2. The molecule has 108 valence electrons. The van der Waals surface area contributed by atoms with Gasteiger partial charge in [0.05, 0.1) is 17.9 Å². The van der Waals surface area contributed by atoms with Gasteiger partial charge >= 0.3 is 0 Å². The highest BCUT2D eigenvalue weighted by atomic mass is 19.1. The number of aromatic nitrogens is 1. The van der Waals surface area contributed by atoms with Crippen LogP contribution in [0.2, 0.25) is 0 Å². The molecule has 0 amide bonds. The average molecular weight is 277 g/mol. The third-order valence-corrected chi connectivity index (χ3v) is 3.00. The van der Waals surface area contributed by atoms with Crippen LogP contribution in [0.4, 0.5) is 10.1 Å². The first kappa shape index (κ1) is 14.5. The molecule has 0 unspecified atom stereocenters. The summed E-state index contributed by atoms with van der Waals surface area (Å²) >= 11 is 0. The topological polar surface area (TPSA) is 41.3 Å². The second kappa shape index (κ2) is 7.05. The molecule has 5 heteroatoms. The zero-order chi connectivity index (χ0) is 14.4. The van der Waals surface area contributed by atoms with Crippen molar-refractivity contribution in [3.63, 3.8) is 0 Å². The van der Waals surface area contributed by atoms with Crippen molar-refractivity contribution in [3.8, 4) is 0 Å². The Bertz CT molecular complexity index is 541. The van der Waals surface area contributed by atoms with E-state index in [0.29, 0.717) is 18.8 Å². The lowest BCUT2D eigenvalue weighted by Crippen LogP contribution is -2.17. The van der Waals surface area contributed by atoms with Gasteiger partial charge in [0.15, 0.2) is 5.76 Å². The van der Waals surface area contributed by atoms with Crippen LogP contribution in [0.3, 0.4) is 0 Å². The molecular weight excluding hydrogens is 257 g/mol. The summed E-state index contributed by atoms with van der Waals surface area (Å²) in [6, 6.07) is 8.59. The standard InChI is InChI=1S/C15H20FN3O/c1-3-8-17-10-12-9-13(20-18-12)11-19(2)15-7-5-4-6-14(15)16/h4-7,9,17H,3,8,10-11H2,1-2H3. The Balaban J connectivity index is 1.95. The second-order valence-electron chi connectivity index (χ2n) is 4.77. The van der Waals surface area contributed by atoms with E-state index in [1.807, 2.05) is 19.2 Å². The predicted octanol–water partition coefficient (Wildman–Crippen LogP) is 2.95. The largest absolute Gasteiger partial charge is 0.365 e. The number of rotatable bonds is 7. The second-order valence-corrected chi connectivity index (χ2v) is 4.77. The minimum Gasteiger partial charge on any atom is -0.365 e. The van der Waals surface area contributed by atoms with E-state index in [-0.39, 0.29) is 5.82 Å². The Morgan fingerprint density at radius 3 is 2.90 bits per heavy atom. The van der Waals surface area contributed by atoms with Gasteiger partial charge in [-0.05, 0) is 25.1 Å². The Labute approximate surface area is 118 Å². The van der Waals surface area contributed by atoms with E-state index in [1.54, 1.807) is 17.0 Å². The Morgan fingerprint density at radius 1 is 1.35 bits per heavy atom. The predicted molar refractivity (Wildman–Crippen MR) is 77.0 cm³/mol. The monoisotopic (exact) mass is 277 g/mol. The van der Waals surface area contributed by atoms with E-state index >= 15 is 0 Å². The lowest BCUT2D eigenvalue weighted by molar-refractivity contribution is 0.374. The molecule has 1 heterocycles. The van der Waals surface area contributed by atoms with Crippen molar-refractivity contribution in [3.05, 3.63) is 47.6 Å². The molecule has 0 aliphatic heterocycles. The quantitative estimate of drug-likeness (QED) is 0.790. The van der Waals surface area contributed by atoms with Gasteiger partial charge in [-0.2, -0.15) is 0 Å². The average Bonchev–Trinajstić information content (AvgIpc) is 2.87. The molecule has 0 aliphatic rings. The van der Waals surface area contributed by atoms with Gasteiger partial charge < -0.3 is 14.7 Å². The summed E-state index contributed by atoms with van der Waals surface area (Å²) in [6.45, 7) is 4.25. The Hall–Kier alpha value is -1.88. The zero-order valence-corrected chi connectivity index (χ0v) is 11.9. The summed E-state index contributed by atoms with van der Waals surface area (Å²) in [4.78, 5) is 1.80. The van der Waals surface area contributed by atoms with Crippen molar-refractivity contribution in [2.24, 2.45) is 0 Å². The molecule has 2 rings (SSSR count). The van der Waals surface area contributed by atoms with E-state index in [4.69, 9.17) is 4.52 Å². The number of halogens is 1. The maximum absolute atomic E-state index is 13.7. The molecule has 1 aromatic carbocycles. The van der Waals surface area contributed by atoms with Gasteiger partial charge in [-0.1, -0.05) is 24.2 Å². The number of nitrogens with zero attached hydrogens (tertiary/aromatic N) is 2. The van der Waals surface area contributed by atoms with Crippen LogP contribution in [-0.2, 0) is 13.1 Å². The van der Waals surface area contributed by atoms with Gasteiger partial charge in [-0.15, -0.1) is 0 Å². The summed E-state index contributed by atoms with van der Waals surface area (Å²) in [7, 11) is 1.83. The maximum Gasteiger partial charge on any atom is 0.156 e. The van der Waals surface area contributed by atoms with Gasteiger partial charge in [0, 0.05) is 19.7 Å². The molecule has 0 saturated heterocycles. The van der Waals surface area contributed by atoms with E-state index in [0.717, 1.165) is 24.4 Å². The van der Waals surface area contributed by atoms with Crippen LogP contribution in [0.5, 0.6) is 0 Å². The van der Waals surface area contributed by atoms with E-state index in [1.165, 1.54) is 6.07 Å². The molecule has 0 bridgehead atoms. The highest BCUT2D eigenvalue weighted by Crippen LogP contribution is 2.19. The van der Waals surface area contributed by atoms with Gasteiger partial charge in [-0.3, -0.25) is 0 Å². The molecule has 4 nitrogen and oxygen atoms in total. The van der Waals surface area contributed by atoms with Crippen molar-refractivity contribution >= 4 is 5.69 Å². The minimum absolute atomic E-state index is 0.237. The fraction of sp³-hybridized carbons (Fsp3) is 0.400. The first-order valence-electron chi connectivity index (χ1n) is 6.81. The molecule has 20 heavy (non-hydrogen) atoms. The summed E-state index contributed by atoms with van der Waals surface area (Å²) in [5.41, 5.74) is 1.42. The number of hydrogen-bond donors (Lipinski definition) is 1. The number of nitrogens with one attached hydrogen (secondary N) is 1. The minimum atomic E-state index is -0.237. The number of para-hydroxylation sites is 1. The normalized spacial score (nSPS) is 10.8. The number of benzene rings is 1. The van der Waals surface area contributed by atoms with Gasteiger partial charge in [-0.25, -0.2) is 4.39 Å². The van der Waals surface area contributed by atoms with Gasteiger partial charge in [0.25, 0.3) is 0 Å². The molecule has 2 aromatic rings. The van der Waals surface area contributed by atoms with Crippen LogP contribution in [0.1, 0.15) is 24.8 Å². The van der Waals surface area contributed by atoms with Crippen LogP contribution in [0.15, 0.2) is 34.9 Å². The molecule has 1 N–H and O–H groups in total. The molecular formula is C15H20FN3O. The SMILES string of the molecule is CCCNCc1cc(CN(C)c2ccccc2F)on1. The first-order chi connectivity index (χ1) is 9.70. The third kappa shape index (κ3) is 3.81. The van der Waals surface area contributed by atoms with Crippen molar-refractivity contribution < 1.29 is 8.91 Å². The fourth-order valence-corrected chi connectivity index (χ4v) is 1.99. The van der Waals surface area contributed by atoms with Crippen molar-refractivity contribution in [2.75, 3.05) is 18.5 Å². The first-order valence-corrected chi connectivity index (χ1v) is 6.81. The molecule has 1 aromatic heterocycles. The molecule has 0 atom stereocenters. The van der Waals surface area contributed by atoms with E-state index in [9.17, 15) is 4.39 Å². The molecule has 0 fully saturated rings. The van der Waals surface area contributed by atoms with Crippen molar-refractivity contribution in [1.82, 2.24) is 10.5 Å². The van der Waals surface area contributed by atoms with Gasteiger partial charge in [0.1, 0.15) is 5.82 Å². The van der Waals surface area contributed by atoms with Crippen molar-refractivity contribution in [1.29, 1.82) is 0 Å². The smallest absolute Gasteiger partial charge is 0.156 e. The van der Waals surface area contributed by atoms with E-state index in [2.05, 4.69) is 17.4 Å². The van der Waals surface area contributed by atoms with Crippen LogP contribution < -0.4 is 10.2 Å². The summed E-state index contributed by atoms with van der Waals surface area (Å²) in [6.07, 6.45) is 1.08. The Morgan fingerprint density at radius 2 is 2.15 bits per heavy atom. The number of anilines is 1. The van der Waals surface area contributed by atoms with Crippen molar-refractivity contribution in [2.45, 2.75) is 26.4 Å². The fourth-order valence-electron chi connectivity index (χ4n) is 1.99. The van der Waals surface area contributed by atoms with Crippen LogP contribution in [0.25, 0.3) is 0 Å².